The molecule has 1 aromatic heterocycles. The van der Waals surface area contributed by atoms with Crippen molar-refractivity contribution in [3.8, 4) is 16.9 Å². The van der Waals surface area contributed by atoms with E-state index in [4.69, 9.17) is 5.73 Å². The van der Waals surface area contributed by atoms with Crippen LogP contribution in [-0.4, -0.2) is 22.2 Å². The van der Waals surface area contributed by atoms with E-state index in [9.17, 15) is 13.9 Å². The number of hydrogen-bond donors (Lipinski definition) is 3. The van der Waals surface area contributed by atoms with Crippen LogP contribution in [0.25, 0.3) is 22.0 Å². The summed E-state index contributed by atoms with van der Waals surface area (Å²) in [6.45, 7) is 4.35. The number of phenols is 1. The molecule has 4 nitrogen and oxygen atoms in total. The monoisotopic (exact) mass is 425 g/mol. The van der Waals surface area contributed by atoms with Crippen molar-refractivity contribution < 1.29 is 13.9 Å². The molecule has 4 rings (SSSR count). The Labute approximate surface area is 181 Å². The quantitative estimate of drug-likeness (QED) is 0.486. The van der Waals surface area contributed by atoms with Crippen molar-refractivity contribution in [1.29, 1.82) is 0 Å². The average Bonchev–Trinajstić information content (AvgIpc) is 2.74. The highest BCUT2D eigenvalue weighted by Gasteiger charge is 2.21. The van der Waals surface area contributed by atoms with Crippen LogP contribution in [0.4, 0.5) is 14.5 Å². The first-order valence-corrected chi connectivity index (χ1v) is 10.9. The minimum Gasteiger partial charge on any atom is -0.503 e. The van der Waals surface area contributed by atoms with E-state index in [1.54, 1.807) is 6.07 Å². The van der Waals surface area contributed by atoms with Gasteiger partial charge in [0.2, 0.25) is 0 Å². The van der Waals surface area contributed by atoms with E-state index in [0.29, 0.717) is 23.1 Å². The molecule has 164 valence electrons. The number of nitrogens with one attached hydrogen (secondary N) is 1. The topological polar surface area (TPSA) is 71.2 Å². The van der Waals surface area contributed by atoms with Gasteiger partial charge >= 0.3 is 0 Å². The van der Waals surface area contributed by atoms with Crippen LogP contribution in [0.1, 0.15) is 45.1 Å². The molecule has 0 unspecified atom stereocenters. The standard InChI is InChI=1S/C25H29F2N3O/c1-14(2)9-17-13-29-23-8-3-15(16-11-21(26)25(31)22(27)12-16)10-20(23)24(17)30-19-6-4-18(28)5-7-19/h3,8,10-14,18-19,31H,4-7,9,28H2,1-2H3,(H,29,30). The van der Waals surface area contributed by atoms with E-state index in [-0.39, 0.29) is 6.04 Å². The van der Waals surface area contributed by atoms with Gasteiger partial charge in [-0.3, -0.25) is 4.98 Å². The van der Waals surface area contributed by atoms with Crippen molar-refractivity contribution in [3.63, 3.8) is 0 Å². The number of nitrogens with zero attached hydrogens (tertiary/aromatic N) is 1. The number of hydrogen-bond acceptors (Lipinski definition) is 4. The van der Waals surface area contributed by atoms with Crippen LogP contribution in [-0.2, 0) is 6.42 Å². The normalized spacial score (nSPS) is 19.2. The van der Waals surface area contributed by atoms with Gasteiger partial charge in [-0.1, -0.05) is 19.9 Å². The molecule has 0 atom stereocenters. The number of aromatic hydroxyl groups is 1. The van der Waals surface area contributed by atoms with Crippen LogP contribution < -0.4 is 11.1 Å². The van der Waals surface area contributed by atoms with Gasteiger partial charge < -0.3 is 16.2 Å². The van der Waals surface area contributed by atoms with Gasteiger partial charge in [0.25, 0.3) is 0 Å². The second-order valence-corrected chi connectivity index (χ2v) is 9.03. The highest BCUT2D eigenvalue weighted by molar-refractivity contribution is 5.96. The smallest absolute Gasteiger partial charge is 0.187 e. The Morgan fingerprint density at radius 1 is 1.06 bits per heavy atom. The molecule has 0 radical (unpaired) electrons. The Morgan fingerprint density at radius 3 is 2.39 bits per heavy atom. The lowest BCUT2D eigenvalue weighted by molar-refractivity contribution is 0.396. The SMILES string of the molecule is CC(C)Cc1cnc2ccc(-c3cc(F)c(O)c(F)c3)cc2c1NC1CCC(N)CC1. The first-order valence-electron chi connectivity index (χ1n) is 10.9. The first-order chi connectivity index (χ1) is 14.8. The third-order valence-electron chi connectivity index (χ3n) is 6.05. The third-order valence-corrected chi connectivity index (χ3v) is 6.05. The van der Waals surface area contributed by atoms with Crippen LogP contribution in [0, 0.1) is 17.6 Å². The molecule has 4 N–H and O–H groups in total. The highest BCUT2D eigenvalue weighted by atomic mass is 19.1. The molecule has 0 spiro atoms. The van der Waals surface area contributed by atoms with Gasteiger partial charge in [-0.05, 0) is 79.0 Å². The number of nitrogens with two attached hydrogens (primary N) is 1. The van der Waals surface area contributed by atoms with Gasteiger partial charge in [0.1, 0.15) is 0 Å². The number of phenolic OH excluding ortho intramolecular Hbond substituents is 1. The van der Waals surface area contributed by atoms with Crippen molar-refractivity contribution in [2.75, 3.05) is 5.32 Å². The number of aromatic nitrogens is 1. The first kappa shape index (κ1) is 21.5. The van der Waals surface area contributed by atoms with Crippen molar-refractivity contribution in [2.45, 2.75) is 58.0 Å². The fraction of sp³-hybridized carbons (Fsp3) is 0.400. The molecule has 1 fully saturated rings. The van der Waals surface area contributed by atoms with Crippen LogP contribution in [0.3, 0.4) is 0 Å². The Balaban J connectivity index is 1.80. The van der Waals surface area contributed by atoms with Gasteiger partial charge in [-0.15, -0.1) is 0 Å². The Morgan fingerprint density at radius 2 is 1.74 bits per heavy atom. The van der Waals surface area contributed by atoms with Crippen molar-refractivity contribution in [2.24, 2.45) is 11.7 Å². The lowest BCUT2D eigenvalue weighted by atomic mass is 9.90. The summed E-state index contributed by atoms with van der Waals surface area (Å²) in [7, 11) is 0. The zero-order valence-corrected chi connectivity index (χ0v) is 18.0. The van der Waals surface area contributed by atoms with Gasteiger partial charge in [-0.25, -0.2) is 8.78 Å². The summed E-state index contributed by atoms with van der Waals surface area (Å²) >= 11 is 0. The van der Waals surface area contributed by atoms with Gasteiger partial charge in [-0.2, -0.15) is 0 Å². The summed E-state index contributed by atoms with van der Waals surface area (Å²) in [6, 6.07) is 8.51. The second-order valence-electron chi connectivity index (χ2n) is 9.03. The Hall–Kier alpha value is -2.73. The molecule has 2 aromatic carbocycles. The molecule has 6 heteroatoms. The van der Waals surface area contributed by atoms with Gasteiger partial charge in [0, 0.05) is 29.4 Å². The van der Waals surface area contributed by atoms with E-state index in [2.05, 4.69) is 24.1 Å². The van der Waals surface area contributed by atoms with E-state index >= 15 is 0 Å². The zero-order valence-electron chi connectivity index (χ0n) is 18.0. The summed E-state index contributed by atoms with van der Waals surface area (Å²) in [5.41, 5.74) is 10.1. The van der Waals surface area contributed by atoms with Crippen LogP contribution in [0.15, 0.2) is 36.5 Å². The maximum absolute atomic E-state index is 13.9. The molecular formula is C25H29F2N3O. The largest absolute Gasteiger partial charge is 0.503 e. The molecule has 1 aliphatic carbocycles. The summed E-state index contributed by atoms with van der Waals surface area (Å²) in [5, 5.41) is 14.1. The number of benzene rings is 2. The maximum Gasteiger partial charge on any atom is 0.187 e. The fourth-order valence-electron chi connectivity index (χ4n) is 4.38. The molecule has 1 aliphatic rings. The molecule has 31 heavy (non-hydrogen) atoms. The molecular weight excluding hydrogens is 396 g/mol. The fourth-order valence-corrected chi connectivity index (χ4v) is 4.38. The van der Waals surface area contributed by atoms with Gasteiger partial charge in [0.05, 0.1) is 5.52 Å². The van der Waals surface area contributed by atoms with Gasteiger partial charge in [0.15, 0.2) is 17.4 Å². The Bertz CT molecular complexity index is 1070. The lowest BCUT2D eigenvalue weighted by Gasteiger charge is -2.29. The van der Waals surface area contributed by atoms with Crippen LogP contribution >= 0.6 is 0 Å². The molecule has 0 amide bonds. The van der Waals surface area contributed by atoms with Crippen LogP contribution in [0.5, 0.6) is 5.75 Å². The number of pyridine rings is 1. The predicted octanol–water partition coefficient (Wildman–Crippen LogP) is 5.77. The molecule has 0 saturated heterocycles. The van der Waals surface area contributed by atoms with Crippen LogP contribution in [0.2, 0.25) is 0 Å². The maximum atomic E-state index is 13.9. The molecule has 3 aromatic rings. The molecule has 1 saturated carbocycles. The summed E-state index contributed by atoms with van der Waals surface area (Å²) in [6.07, 6.45) is 6.83. The molecule has 0 bridgehead atoms. The van der Waals surface area contributed by atoms with E-state index < -0.39 is 17.4 Å². The third kappa shape index (κ3) is 4.64. The van der Waals surface area contributed by atoms with E-state index in [1.807, 2.05) is 18.3 Å². The predicted molar refractivity (Wildman–Crippen MR) is 121 cm³/mol. The van der Waals surface area contributed by atoms with E-state index in [0.717, 1.165) is 66.4 Å². The van der Waals surface area contributed by atoms with Crippen molar-refractivity contribution in [1.82, 2.24) is 4.98 Å². The number of anilines is 1. The number of rotatable bonds is 5. The minimum absolute atomic E-state index is 0.272. The van der Waals surface area contributed by atoms with Crippen molar-refractivity contribution in [3.05, 3.63) is 53.7 Å². The molecule has 1 heterocycles. The number of halogens is 2. The minimum atomic E-state index is -0.973. The van der Waals surface area contributed by atoms with E-state index in [1.165, 1.54) is 0 Å². The lowest BCUT2D eigenvalue weighted by Crippen LogP contribution is -2.33. The Kier molecular flexibility index (Phi) is 6.10. The average molecular weight is 426 g/mol. The summed E-state index contributed by atoms with van der Waals surface area (Å²) in [4.78, 5) is 4.64. The summed E-state index contributed by atoms with van der Waals surface area (Å²) < 4.78 is 27.9. The molecule has 0 aliphatic heterocycles. The number of fused-ring (bicyclic) bond motifs is 1. The van der Waals surface area contributed by atoms with Crippen molar-refractivity contribution >= 4 is 16.6 Å². The highest BCUT2D eigenvalue weighted by Crippen LogP contribution is 2.35. The zero-order chi connectivity index (χ0) is 22.1. The second kappa shape index (κ2) is 8.79. The summed E-state index contributed by atoms with van der Waals surface area (Å²) in [5.74, 6) is -2.44.